The maximum absolute atomic E-state index is 6.27. The first-order valence-corrected chi connectivity index (χ1v) is 7.19. The molecule has 4 heteroatoms. The van der Waals surface area contributed by atoms with E-state index < -0.39 is 0 Å². The SMILES string of the molecule is C=C1N(CC)c2cc3c(Cl)nc(C)nc3cc2C1(C)C. The fourth-order valence-corrected chi connectivity index (χ4v) is 3.23. The van der Waals surface area contributed by atoms with Gasteiger partial charge in [0, 0.05) is 28.7 Å². The maximum Gasteiger partial charge on any atom is 0.140 e. The Labute approximate surface area is 124 Å². The normalized spacial score (nSPS) is 16.9. The molecule has 0 bridgehead atoms. The van der Waals surface area contributed by atoms with E-state index in [2.05, 4.69) is 54.4 Å². The van der Waals surface area contributed by atoms with Crippen LogP contribution >= 0.6 is 11.6 Å². The van der Waals surface area contributed by atoms with Gasteiger partial charge >= 0.3 is 0 Å². The molecule has 0 spiro atoms. The molecule has 2 aromatic rings. The average Bonchev–Trinajstić information content (AvgIpc) is 2.56. The zero-order valence-corrected chi connectivity index (χ0v) is 13.0. The minimum Gasteiger partial charge on any atom is -0.345 e. The first-order valence-electron chi connectivity index (χ1n) is 6.81. The van der Waals surface area contributed by atoms with Crippen LogP contribution in [0.3, 0.4) is 0 Å². The number of anilines is 1. The van der Waals surface area contributed by atoms with Crippen molar-refractivity contribution in [2.75, 3.05) is 11.4 Å². The van der Waals surface area contributed by atoms with E-state index in [1.54, 1.807) is 0 Å². The lowest BCUT2D eigenvalue weighted by molar-refractivity contribution is 0.637. The standard InChI is InChI=1S/C16H18ClN3/c1-6-20-9(2)16(4,5)12-8-13-11(7-14(12)20)15(17)19-10(3)18-13/h7-8H,2,6H2,1,3-5H3. The van der Waals surface area contributed by atoms with Gasteiger partial charge in [0.1, 0.15) is 11.0 Å². The zero-order chi connectivity index (χ0) is 14.7. The number of aromatic nitrogens is 2. The number of fused-ring (bicyclic) bond motifs is 2. The Morgan fingerprint density at radius 3 is 2.65 bits per heavy atom. The summed E-state index contributed by atoms with van der Waals surface area (Å²) in [5, 5.41) is 1.42. The molecule has 0 atom stereocenters. The molecule has 0 radical (unpaired) electrons. The molecule has 0 amide bonds. The monoisotopic (exact) mass is 287 g/mol. The van der Waals surface area contributed by atoms with Gasteiger partial charge in [0.15, 0.2) is 0 Å². The van der Waals surface area contributed by atoms with Crippen LogP contribution in [-0.2, 0) is 5.41 Å². The van der Waals surface area contributed by atoms with Crippen molar-refractivity contribution in [2.24, 2.45) is 0 Å². The first kappa shape index (κ1) is 13.4. The van der Waals surface area contributed by atoms with Crippen molar-refractivity contribution in [3.8, 4) is 0 Å². The Kier molecular flexibility index (Phi) is 2.80. The molecule has 3 rings (SSSR count). The molecule has 1 aliphatic heterocycles. The van der Waals surface area contributed by atoms with Crippen molar-refractivity contribution < 1.29 is 0 Å². The summed E-state index contributed by atoms with van der Waals surface area (Å²) < 4.78 is 0. The molecule has 1 aromatic heterocycles. The minimum atomic E-state index is -0.0785. The lowest BCUT2D eigenvalue weighted by Crippen LogP contribution is -2.24. The average molecular weight is 288 g/mol. The second-order valence-electron chi connectivity index (χ2n) is 5.76. The quantitative estimate of drug-likeness (QED) is 0.735. The molecule has 0 saturated carbocycles. The zero-order valence-electron chi connectivity index (χ0n) is 12.3. The van der Waals surface area contributed by atoms with E-state index in [1.807, 2.05) is 6.92 Å². The molecule has 20 heavy (non-hydrogen) atoms. The highest BCUT2D eigenvalue weighted by Crippen LogP contribution is 2.48. The first-order chi connectivity index (χ1) is 9.36. The van der Waals surface area contributed by atoms with Crippen LogP contribution in [0.2, 0.25) is 5.15 Å². The van der Waals surface area contributed by atoms with Crippen molar-refractivity contribution in [1.82, 2.24) is 9.97 Å². The smallest absolute Gasteiger partial charge is 0.140 e. The van der Waals surface area contributed by atoms with Crippen LogP contribution in [0.5, 0.6) is 0 Å². The van der Waals surface area contributed by atoms with Gasteiger partial charge in [0.05, 0.1) is 5.52 Å². The number of likely N-dealkylation sites (N-methyl/N-ethyl adjacent to an activating group) is 1. The molecule has 3 nitrogen and oxygen atoms in total. The molecule has 1 aliphatic rings. The Morgan fingerprint density at radius 1 is 1.30 bits per heavy atom. The highest BCUT2D eigenvalue weighted by Gasteiger charge is 2.38. The maximum atomic E-state index is 6.27. The van der Waals surface area contributed by atoms with Gasteiger partial charge in [-0.3, -0.25) is 0 Å². The number of aryl methyl sites for hydroxylation is 1. The molecule has 0 N–H and O–H groups in total. The molecule has 2 heterocycles. The molecule has 1 aromatic carbocycles. The van der Waals surface area contributed by atoms with Gasteiger partial charge in [0.2, 0.25) is 0 Å². The Bertz CT molecular complexity index is 734. The Hall–Kier alpha value is -1.61. The van der Waals surface area contributed by atoms with Gasteiger partial charge in [-0.1, -0.05) is 32.0 Å². The molecular weight excluding hydrogens is 270 g/mol. The fourth-order valence-electron chi connectivity index (χ4n) is 2.96. The van der Waals surface area contributed by atoms with Crippen LogP contribution in [0.1, 0.15) is 32.2 Å². The number of benzene rings is 1. The van der Waals surface area contributed by atoms with E-state index in [0.29, 0.717) is 11.0 Å². The largest absolute Gasteiger partial charge is 0.345 e. The topological polar surface area (TPSA) is 29.0 Å². The van der Waals surface area contributed by atoms with Crippen LogP contribution in [0, 0.1) is 6.92 Å². The highest BCUT2D eigenvalue weighted by molar-refractivity contribution is 6.34. The summed E-state index contributed by atoms with van der Waals surface area (Å²) in [6.07, 6.45) is 0. The van der Waals surface area contributed by atoms with Gasteiger partial charge in [0.25, 0.3) is 0 Å². The van der Waals surface area contributed by atoms with Crippen LogP contribution in [-0.4, -0.2) is 16.5 Å². The number of nitrogens with zero attached hydrogens (tertiary/aromatic N) is 3. The third kappa shape index (κ3) is 1.66. The van der Waals surface area contributed by atoms with Gasteiger partial charge in [-0.05, 0) is 31.5 Å². The summed E-state index contributed by atoms with van der Waals surface area (Å²) in [5.41, 5.74) is 4.37. The fraction of sp³-hybridized carbons (Fsp3) is 0.375. The van der Waals surface area contributed by atoms with Crippen molar-refractivity contribution in [3.63, 3.8) is 0 Å². The van der Waals surface area contributed by atoms with Gasteiger partial charge in [-0.25, -0.2) is 9.97 Å². The van der Waals surface area contributed by atoms with E-state index in [9.17, 15) is 0 Å². The number of hydrogen-bond donors (Lipinski definition) is 0. The summed E-state index contributed by atoms with van der Waals surface area (Å²) >= 11 is 6.27. The van der Waals surface area contributed by atoms with Crippen LogP contribution in [0.15, 0.2) is 24.4 Å². The van der Waals surface area contributed by atoms with Crippen molar-refractivity contribution in [1.29, 1.82) is 0 Å². The van der Waals surface area contributed by atoms with Crippen LogP contribution < -0.4 is 4.90 Å². The molecule has 0 aliphatic carbocycles. The molecule has 0 unspecified atom stereocenters. The van der Waals surface area contributed by atoms with E-state index in [1.165, 1.54) is 11.3 Å². The predicted molar refractivity (Wildman–Crippen MR) is 84.5 cm³/mol. The number of rotatable bonds is 1. The Morgan fingerprint density at radius 2 is 2.00 bits per heavy atom. The lowest BCUT2D eigenvalue weighted by Gasteiger charge is -2.24. The third-order valence-corrected chi connectivity index (χ3v) is 4.49. The van der Waals surface area contributed by atoms with Crippen molar-refractivity contribution in [3.05, 3.63) is 40.9 Å². The van der Waals surface area contributed by atoms with Gasteiger partial charge < -0.3 is 4.90 Å². The summed E-state index contributed by atoms with van der Waals surface area (Å²) in [6, 6.07) is 4.22. The van der Waals surface area contributed by atoms with E-state index >= 15 is 0 Å². The van der Waals surface area contributed by atoms with Gasteiger partial charge in [-0.15, -0.1) is 0 Å². The number of hydrogen-bond acceptors (Lipinski definition) is 3. The van der Waals surface area contributed by atoms with E-state index in [-0.39, 0.29) is 5.41 Å². The summed E-state index contributed by atoms with van der Waals surface area (Å²) in [5.74, 6) is 0.699. The second-order valence-corrected chi connectivity index (χ2v) is 6.12. The summed E-state index contributed by atoms with van der Waals surface area (Å²) in [6.45, 7) is 13.5. The lowest BCUT2D eigenvalue weighted by atomic mass is 9.84. The second kappa shape index (κ2) is 4.19. The van der Waals surface area contributed by atoms with Gasteiger partial charge in [-0.2, -0.15) is 0 Å². The highest BCUT2D eigenvalue weighted by atomic mass is 35.5. The number of halogens is 1. The molecular formula is C16H18ClN3. The third-order valence-electron chi connectivity index (χ3n) is 4.21. The molecule has 0 saturated heterocycles. The van der Waals surface area contributed by atoms with E-state index in [4.69, 9.17) is 11.6 Å². The predicted octanol–water partition coefficient (Wildman–Crippen LogP) is 4.22. The van der Waals surface area contributed by atoms with Crippen molar-refractivity contribution in [2.45, 2.75) is 33.1 Å². The molecule has 0 fully saturated rings. The summed E-state index contributed by atoms with van der Waals surface area (Å²) in [7, 11) is 0. The van der Waals surface area contributed by atoms with Crippen molar-refractivity contribution >= 4 is 28.2 Å². The molecule has 104 valence electrons. The van der Waals surface area contributed by atoms with E-state index in [0.717, 1.165) is 23.1 Å². The number of allylic oxidation sites excluding steroid dienone is 1. The van der Waals surface area contributed by atoms with Crippen LogP contribution in [0.4, 0.5) is 5.69 Å². The minimum absolute atomic E-state index is 0.0785. The van der Waals surface area contributed by atoms with Crippen LogP contribution in [0.25, 0.3) is 10.9 Å². The Balaban J connectivity index is 2.38. The summed E-state index contributed by atoms with van der Waals surface area (Å²) in [4.78, 5) is 11.0.